The van der Waals surface area contributed by atoms with Gasteiger partial charge in [0.05, 0.1) is 0 Å². The summed E-state index contributed by atoms with van der Waals surface area (Å²) in [6, 6.07) is 1.68. The molecule has 0 saturated carbocycles. The SMILES string of the molecule is Cc1nc(O[C@H]2CCCNC2)cc2n[nH]c(=O)n12. The number of aromatic nitrogens is 4. The Kier molecular flexibility index (Phi) is 2.75. The molecule has 0 amide bonds. The Hall–Kier alpha value is -1.89. The van der Waals surface area contributed by atoms with Crippen molar-refractivity contribution in [2.45, 2.75) is 25.9 Å². The summed E-state index contributed by atoms with van der Waals surface area (Å²) in [6.07, 6.45) is 2.26. The zero-order valence-electron chi connectivity index (χ0n) is 10.1. The van der Waals surface area contributed by atoms with Crippen molar-refractivity contribution in [2.75, 3.05) is 13.1 Å². The predicted octanol–water partition coefficient (Wildman–Crippen LogP) is -0.143. The molecule has 3 rings (SSSR count). The van der Waals surface area contributed by atoms with Crippen LogP contribution < -0.4 is 15.7 Å². The molecule has 7 heteroatoms. The second-order valence-electron chi connectivity index (χ2n) is 4.45. The molecule has 0 unspecified atom stereocenters. The van der Waals surface area contributed by atoms with Gasteiger partial charge in [0.15, 0.2) is 5.65 Å². The maximum Gasteiger partial charge on any atom is 0.349 e. The van der Waals surface area contributed by atoms with E-state index < -0.39 is 0 Å². The standard InChI is InChI=1S/C11H15N5O2/c1-7-13-10(18-8-3-2-4-12-6-8)5-9-14-15-11(17)16(7)9/h5,8,12H,2-4,6H2,1H3,(H,15,17)/t8-/m0/s1. The first-order chi connectivity index (χ1) is 8.74. The first-order valence-corrected chi connectivity index (χ1v) is 6.06. The zero-order valence-corrected chi connectivity index (χ0v) is 10.1. The van der Waals surface area contributed by atoms with E-state index in [1.165, 1.54) is 4.40 Å². The lowest BCUT2D eigenvalue weighted by molar-refractivity contribution is 0.160. The number of ether oxygens (including phenoxy) is 1. The van der Waals surface area contributed by atoms with E-state index in [9.17, 15) is 4.79 Å². The van der Waals surface area contributed by atoms with Gasteiger partial charge in [-0.25, -0.2) is 14.3 Å². The Labute approximate surface area is 103 Å². The van der Waals surface area contributed by atoms with Crippen LogP contribution in [0, 0.1) is 6.92 Å². The number of aryl methyl sites for hydroxylation is 1. The molecule has 1 saturated heterocycles. The van der Waals surface area contributed by atoms with Gasteiger partial charge in [-0.3, -0.25) is 0 Å². The van der Waals surface area contributed by atoms with E-state index in [-0.39, 0.29) is 11.8 Å². The number of fused-ring (bicyclic) bond motifs is 1. The van der Waals surface area contributed by atoms with Crippen LogP contribution in [0.3, 0.4) is 0 Å². The van der Waals surface area contributed by atoms with Crippen LogP contribution in [0.4, 0.5) is 0 Å². The number of hydrogen-bond donors (Lipinski definition) is 2. The molecule has 1 aliphatic rings. The van der Waals surface area contributed by atoms with E-state index in [1.54, 1.807) is 13.0 Å². The van der Waals surface area contributed by atoms with E-state index in [0.29, 0.717) is 17.4 Å². The summed E-state index contributed by atoms with van der Waals surface area (Å²) >= 11 is 0. The fraction of sp³-hybridized carbons (Fsp3) is 0.545. The van der Waals surface area contributed by atoms with Crippen LogP contribution in [-0.2, 0) is 0 Å². The molecule has 2 N–H and O–H groups in total. The van der Waals surface area contributed by atoms with Crippen LogP contribution >= 0.6 is 0 Å². The number of piperidine rings is 1. The molecule has 96 valence electrons. The van der Waals surface area contributed by atoms with Crippen LogP contribution in [0.15, 0.2) is 10.9 Å². The number of rotatable bonds is 2. The third-order valence-corrected chi connectivity index (χ3v) is 3.09. The van der Waals surface area contributed by atoms with Gasteiger partial charge in [-0.05, 0) is 26.3 Å². The highest BCUT2D eigenvalue weighted by atomic mass is 16.5. The maximum absolute atomic E-state index is 11.5. The monoisotopic (exact) mass is 249 g/mol. The Balaban J connectivity index is 1.90. The third-order valence-electron chi connectivity index (χ3n) is 3.09. The Bertz CT molecular complexity index is 611. The van der Waals surface area contributed by atoms with Crippen molar-refractivity contribution in [3.8, 4) is 5.88 Å². The average Bonchev–Trinajstić information content (AvgIpc) is 2.72. The van der Waals surface area contributed by atoms with Gasteiger partial charge in [-0.15, -0.1) is 0 Å². The van der Waals surface area contributed by atoms with Crippen molar-refractivity contribution in [3.63, 3.8) is 0 Å². The highest BCUT2D eigenvalue weighted by molar-refractivity contribution is 5.40. The first kappa shape index (κ1) is 11.2. The molecule has 0 aliphatic carbocycles. The van der Waals surface area contributed by atoms with Crippen molar-refractivity contribution in [2.24, 2.45) is 0 Å². The second kappa shape index (κ2) is 4.41. The van der Waals surface area contributed by atoms with Crippen LogP contribution in [0.2, 0.25) is 0 Å². The number of aromatic amines is 1. The molecule has 0 spiro atoms. The minimum Gasteiger partial charge on any atom is -0.473 e. The quantitative estimate of drug-likeness (QED) is 0.773. The molecule has 7 nitrogen and oxygen atoms in total. The lowest BCUT2D eigenvalue weighted by atomic mass is 10.1. The Morgan fingerprint density at radius 1 is 1.56 bits per heavy atom. The lowest BCUT2D eigenvalue weighted by Gasteiger charge is -2.23. The van der Waals surface area contributed by atoms with Crippen LogP contribution in [0.1, 0.15) is 18.7 Å². The number of H-pyrrole nitrogens is 1. The van der Waals surface area contributed by atoms with Crippen molar-refractivity contribution >= 4 is 5.65 Å². The van der Waals surface area contributed by atoms with Gasteiger partial charge in [-0.2, -0.15) is 10.1 Å². The molecular weight excluding hydrogens is 234 g/mol. The van der Waals surface area contributed by atoms with Gasteiger partial charge < -0.3 is 10.1 Å². The normalized spacial score (nSPS) is 20.2. The van der Waals surface area contributed by atoms with Gasteiger partial charge in [0.1, 0.15) is 11.9 Å². The summed E-state index contributed by atoms with van der Waals surface area (Å²) < 4.78 is 7.23. The minimum absolute atomic E-state index is 0.138. The van der Waals surface area contributed by atoms with Gasteiger partial charge in [0, 0.05) is 12.6 Å². The molecule has 1 fully saturated rings. The zero-order chi connectivity index (χ0) is 12.5. The highest BCUT2D eigenvalue weighted by Gasteiger charge is 2.16. The topological polar surface area (TPSA) is 84.3 Å². The van der Waals surface area contributed by atoms with Gasteiger partial charge in [-0.1, -0.05) is 0 Å². The maximum atomic E-state index is 11.5. The first-order valence-electron chi connectivity index (χ1n) is 6.06. The van der Waals surface area contributed by atoms with E-state index in [1.807, 2.05) is 0 Å². The van der Waals surface area contributed by atoms with Gasteiger partial charge >= 0.3 is 5.69 Å². The summed E-state index contributed by atoms with van der Waals surface area (Å²) in [4.78, 5) is 15.7. The molecule has 0 bridgehead atoms. The van der Waals surface area contributed by atoms with Crippen molar-refractivity contribution < 1.29 is 4.74 Å². The van der Waals surface area contributed by atoms with Gasteiger partial charge in [0.25, 0.3) is 0 Å². The second-order valence-corrected chi connectivity index (χ2v) is 4.45. The van der Waals surface area contributed by atoms with Crippen molar-refractivity contribution in [1.82, 2.24) is 24.9 Å². The largest absolute Gasteiger partial charge is 0.473 e. The third kappa shape index (κ3) is 1.97. The van der Waals surface area contributed by atoms with E-state index in [4.69, 9.17) is 4.74 Å². The molecule has 3 heterocycles. The van der Waals surface area contributed by atoms with Crippen molar-refractivity contribution in [1.29, 1.82) is 0 Å². The molecule has 18 heavy (non-hydrogen) atoms. The van der Waals surface area contributed by atoms with Crippen molar-refractivity contribution in [3.05, 3.63) is 22.4 Å². The number of nitrogens with one attached hydrogen (secondary N) is 2. The van der Waals surface area contributed by atoms with E-state index in [0.717, 1.165) is 25.9 Å². The minimum atomic E-state index is -0.277. The molecule has 1 atom stereocenters. The molecule has 1 aliphatic heterocycles. The smallest absolute Gasteiger partial charge is 0.349 e. The fourth-order valence-corrected chi connectivity index (χ4v) is 2.22. The summed E-state index contributed by atoms with van der Waals surface area (Å²) in [5.74, 6) is 1.10. The fourth-order valence-electron chi connectivity index (χ4n) is 2.22. The van der Waals surface area contributed by atoms with Crippen LogP contribution in [0.25, 0.3) is 5.65 Å². The average molecular weight is 249 g/mol. The summed E-state index contributed by atoms with van der Waals surface area (Å²) in [5.41, 5.74) is 0.257. The summed E-state index contributed by atoms with van der Waals surface area (Å²) in [7, 11) is 0. The molecule has 2 aromatic rings. The number of nitrogens with zero attached hydrogens (tertiary/aromatic N) is 3. The molecule has 0 radical (unpaired) electrons. The lowest BCUT2D eigenvalue weighted by Crippen LogP contribution is -2.37. The van der Waals surface area contributed by atoms with Crippen LogP contribution in [0.5, 0.6) is 5.88 Å². The Morgan fingerprint density at radius 3 is 3.22 bits per heavy atom. The summed E-state index contributed by atoms with van der Waals surface area (Å²) in [5, 5.41) is 9.60. The highest BCUT2D eigenvalue weighted by Crippen LogP contribution is 2.15. The van der Waals surface area contributed by atoms with E-state index in [2.05, 4.69) is 20.5 Å². The Morgan fingerprint density at radius 2 is 2.44 bits per heavy atom. The van der Waals surface area contributed by atoms with E-state index >= 15 is 0 Å². The van der Waals surface area contributed by atoms with Gasteiger partial charge in [0.2, 0.25) is 5.88 Å². The number of hydrogen-bond acceptors (Lipinski definition) is 5. The van der Waals surface area contributed by atoms with Crippen LogP contribution in [-0.4, -0.2) is 38.8 Å². The molecule has 0 aromatic carbocycles. The molecule has 2 aromatic heterocycles. The predicted molar refractivity (Wildman–Crippen MR) is 64.9 cm³/mol. The summed E-state index contributed by atoms with van der Waals surface area (Å²) in [6.45, 7) is 3.63. The molecular formula is C11H15N5O2.